The summed E-state index contributed by atoms with van der Waals surface area (Å²) in [6, 6.07) is 10.8. The van der Waals surface area contributed by atoms with E-state index in [1.54, 1.807) is 0 Å². The Labute approximate surface area is 162 Å². The molecule has 0 N–H and O–H groups in total. The molecule has 1 aromatic carbocycles. The Kier molecular flexibility index (Phi) is 10.3. The molecule has 0 radical (unpaired) electrons. The fourth-order valence-electron chi connectivity index (χ4n) is 3.99. The van der Waals surface area contributed by atoms with Crippen LogP contribution in [0.3, 0.4) is 0 Å². The summed E-state index contributed by atoms with van der Waals surface area (Å²) in [6.45, 7) is 5.77. The molecule has 0 spiro atoms. The van der Waals surface area contributed by atoms with Gasteiger partial charge in [0.2, 0.25) is 0 Å². The minimum absolute atomic E-state index is 0.487. The zero-order valence-corrected chi connectivity index (χ0v) is 17.2. The average molecular weight is 357 g/mol. The fourth-order valence-corrected chi connectivity index (χ4v) is 3.99. The molecule has 0 bridgehead atoms. The minimum Gasteiger partial charge on any atom is -0.356 e. The molecule has 1 heterocycles. The SMILES string of the molecule is CCCCCCCCCCCCCN1C=CN(c2ccccc2)C1CC. The lowest BCUT2D eigenvalue weighted by Gasteiger charge is -2.32. The van der Waals surface area contributed by atoms with E-state index in [0.29, 0.717) is 6.17 Å². The molecule has 1 aliphatic rings. The summed E-state index contributed by atoms with van der Waals surface area (Å²) in [7, 11) is 0. The molecule has 1 unspecified atom stereocenters. The average Bonchev–Trinajstić information content (AvgIpc) is 3.09. The second-order valence-electron chi connectivity index (χ2n) is 7.70. The predicted octanol–water partition coefficient (Wildman–Crippen LogP) is 7.33. The molecule has 2 heteroatoms. The Morgan fingerprint density at radius 1 is 0.692 bits per heavy atom. The van der Waals surface area contributed by atoms with Crippen molar-refractivity contribution in [3.05, 3.63) is 42.7 Å². The molecule has 0 aromatic heterocycles. The van der Waals surface area contributed by atoms with E-state index in [9.17, 15) is 0 Å². The molecule has 0 amide bonds. The third-order valence-electron chi connectivity index (χ3n) is 5.56. The lowest BCUT2D eigenvalue weighted by Crippen LogP contribution is -2.38. The summed E-state index contributed by atoms with van der Waals surface area (Å²) >= 11 is 0. The van der Waals surface area contributed by atoms with Crippen molar-refractivity contribution in [2.24, 2.45) is 0 Å². The summed E-state index contributed by atoms with van der Waals surface area (Å²) in [6.07, 6.45) is 21.7. The van der Waals surface area contributed by atoms with Crippen molar-refractivity contribution < 1.29 is 0 Å². The fraction of sp³-hybridized carbons (Fsp3) is 0.667. The molecule has 146 valence electrons. The van der Waals surface area contributed by atoms with E-state index in [1.807, 2.05) is 0 Å². The lowest BCUT2D eigenvalue weighted by atomic mass is 10.1. The summed E-state index contributed by atoms with van der Waals surface area (Å²) in [5.74, 6) is 0. The molecule has 2 nitrogen and oxygen atoms in total. The van der Waals surface area contributed by atoms with Crippen LogP contribution in [0, 0.1) is 0 Å². The van der Waals surface area contributed by atoms with Crippen LogP contribution in [0.2, 0.25) is 0 Å². The van der Waals surface area contributed by atoms with Crippen LogP contribution in [0.15, 0.2) is 42.7 Å². The smallest absolute Gasteiger partial charge is 0.105 e. The van der Waals surface area contributed by atoms with E-state index in [2.05, 4.69) is 66.4 Å². The van der Waals surface area contributed by atoms with Crippen molar-refractivity contribution in [1.82, 2.24) is 4.90 Å². The van der Waals surface area contributed by atoms with E-state index < -0.39 is 0 Å². The molecule has 26 heavy (non-hydrogen) atoms. The Hall–Kier alpha value is -1.44. The Balaban J connectivity index is 1.54. The van der Waals surface area contributed by atoms with Gasteiger partial charge in [-0.1, -0.05) is 96.3 Å². The standard InChI is InChI=1S/C24H40N2/c1-3-5-6-7-8-9-10-11-12-13-17-20-25-21-22-26(24(25)4-2)23-18-15-14-16-19-23/h14-16,18-19,21-22,24H,3-13,17,20H2,1-2H3. The predicted molar refractivity (Wildman–Crippen MR) is 115 cm³/mol. The van der Waals surface area contributed by atoms with Crippen LogP contribution < -0.4 is 4.90 Å². The number of anilines is 1. The highest BCUT2D eigenvalue weighted by atomic mass is 15.4. The summed E-state index contributed by atoms with van der Waals surface area (Å²) in [4.78, 5) is 4.94. The zero-order valence-electron chi connectivity index (χ0n) is 17.2. The van der Waals surface area contributed by atoms with E-state index in [-0.39, 0.29) is 0 Å². The van der Waals surface area contributed by atoms with Crippen LogP contribution in [-0.2, 0) is 0 Å². The van der Waals surface area contributed by atoms with Gasteiger partial charge in [0.25, 0.3) is 0 Å². The monoisotopic (exact) mass is 356 g/mol. The van der Waals surface area contributed by atoms with Gasteiger partial charge in [0.1, 0.15) is 6.17 Å². The number of benzene rings is 1. The van der Waals surface area contributed by atoms with Gasteiger partial charge < -0.3 is 9.80 Å². The van der Waals surface area contributed by atoms with E-state index in [4.69, 9.17) is 0 Å². The van der Waals surface area contributed by atoms with Gasteiger partial charge in [-0.05, 0) is 25.0 Å². The first-order valence-electron chi connectivity index (χ1n) is 11.1. The molecular formula is C24H40N2. The summed E-state index contributed by atoms with van der Waals surface area (Å²) < 4.78 is 0. The van der Waals surface area contributed by atoms with Crippen molar-refractivity contribution in [3.63, 3.8) is 0 Å². The highest BCUT2D eigenvalue weighted by Gasteiger charge is 2.24. The van der Waals surface area contributed by atoms with Crippen LogP contribution >= 0.6 is 0 Å². The maximum absolute atomic E-state index is 2.53. The van der Waals surface area contributed by atoms with Crippen LogP contribution in [0.1, 0.15) is 90.9 Å². The molecule has 0 aliphatic carbocycles. The van der Waals surface area contributed by atoms with Gasteiger partial charge >= 0.3 is 0 Å². The third-order valence-corrected chi connectivity index (χ3v) is 5.56. The molecule has 1 aliphatic heterocycles. The minimum atomic E-state index is 0.487. The van der Waals surface area contributed by atoms with Crippen molar-refractivity contribution in [3.8, 4) is 0 Å². The molecule has 1 atom stereocenters. The van der Waals surface area contributed by atoms with Gasteiger partial charge in [0.15, 0.2) is 0 Å². The van der Waals surface area contributed by atoms with Gasteiger partial charge in [-0.2, -0.15) is 0 Å². The molecule has 0 saturated carbocycles. The summed E-state index contributed by atoms with van der Waals surface area (Å²) in [5.41, 5.74) is 1.30. The number of para-hydroxylation sites is 1. The Morgan fingerprint density at radius 2 is 1.27 bits per heavy atom. The van der Waals surface area contributed by atoms with Crippen molar-refractivity contribution in [1.29, 1.82) is 0 Å². The first-order valence-corrected chi connectivity index (χ1v) is 11.1. The quantitative estimate of drug-likeness (QED) is 0.322. The largest absolute Gasteiger partial charge is 0.356 e. The number of rotatable bonds is 14. The van der Waals surface area contributed by atoms with Crippen LogP contribution in [0.5, 0.6) is 0 Å². The maximum atomic E-state index is 2.53. The highest BCUT2D eigenvalue weighted by Crippen LogP contribution is 2.26. The lowest BCUT2D eigenvalue weighted by molar-refractivity contribution is 0.285. The van der Waals surface area contributed by atoms with Crippen LogP contribution in [0.25, 0.3) is 0 Å². The number of unbranched alkanes of at least 4 members (excludes halogenated alkanes) is 10. The van der Waals surface area contributed by atoms with E-state index >= 15 is 0 Å². The number of nitrogens with zero attached hydrogens (tertiary/aromatic N) is 2. The van der Waals surface area contributed by atoms with Crippen molar-refractivity contribution >= 4 is 5.69 Å². The number of hydrogen-bond acceptors (Lipinski definition) is 2. The molecule has 2 rings (SSSR count). The topological polar surface area (TPSA) is 6.48 Å². The third kappa shape index (κ3) is 7.05. The normalized spacial score (nSPS) is 16.6. The Morgan fingerprint density at radius 3 is 1.85 bits per heavy atom. The molecule has 0 fully saturated rings. The van der Waals surface area contributed by atoms with Gasteiger partial charge in [-0.15, -0.1) is 0 Å². The van der Waals surface area contributed by atoms with Crippen LogP contribution in [0.4, 0.5) is 5.69 Å². The highest BCUT2D eigenvalue weighted by molar-refractivity contribution is 5.51. The first-order chi connectivity index (χ1) is 12.9. The van der Waals surface area contributed by atoms with Gasteiger partial charge in [-0.25, -0.2) is 0 Å². The maximum Gasteiger partial charge on any atom is 0.105 e. The van der Waals surface area contributed by atoms with Gasteiger partial charge in [0.05, 0.1) is 0 Å². The van der Waals surface area contributed by atoms with E-state index in [0.717, 1.165) is 6.42 Å². The second kappa shape index (κ2) is 12.8. The molecular weight excluding hydrogens is 316 g/mol. The molecule has 1 aromatic rings. The molecule has 0 saturated heterocycles. The van der Waals surface area contributed by atoms with Crippen molar-refractivity contribution in [2.75, 3.05) is 11.4 Å². The summed E-state index contributed by atoms with van der Waals surface area (Å²) in [5, 5.41) is 0. The van der Waals surface area contributed by atoms with E-state index in [1.165, 1.54) is 82.9 Å². The number of hydrogen-bond donors (Lipinski definition) is 0. The first kappa shape index (κ1) is 20.9. The van der Waals surface area contributed by atoms with Crippen LogP contribution in [-0.4, -0.2) is 17.6 Å². The van der Waals surface area contributed by atoms with Gasteiger partial charge in [-0.3, -0.25) is 0 Å². The Bertz CT molecular complexity index is 482. The van der Waals surface area contributed by atoms with Gasteiger partial charge in [0, 0.05) is 24.6 Å². The zero-order chi connectivity index (χ0) is 18.5. The van der Waals surface area contributed by atoms with Crippen molar-refractivity contribution in [2.45, 2.75) is 97.1 Å². The second-order valence-corrected chi connectivity index (χ2v) is 7.70.